The molecular formula is C18H48N4Si4. The fourth-order valence-corrected chi connectivity index (χ4v) is 9.87. The van der Waals surface area contributed by atoms with Gasteiger partial charge in [0.25, 0.3) is 0 Å². The highest BCUT2D eigenvalue weighted by Gasteiger charge is 2.22. The van der Waals surface area contributed by atoms with Crippen LogP contribution in [0.3, 0.4) is 0 Å². The van der Waals surface area contributed by atoms with Crippen molar-refractivity contribution in [1.82, 2.24) is 19.6 Å². The summed E-state index contributed by atoms with van der Waals surface area (Å²) in [5, 5.41) is 0. The summed E-state index contributed by atoms with van der Waals surface area (Å²) < 4.78 is 0. The van der Waals surface area contributed by atoms with E-state index in [2.05, 4.69) is 72.0 Å². The van der Waals surface area contributed by atoms with Crippen molar-refractivity contribution in [2.24, 2.45) is 0 Å². The van der Waals surface area contributed by atoms with E-state index in [0.717, 1.165) is 0 Å². The molecule has 0 saturated carbocycles. The minimum atomic E-state index is -0.507. The molecular weight excluding hydrogens is 385 g/mol. The van der Waals surface area contributed by atoms with Crippen molar-refractivity contribution in [3.8, 4) is 0 Å². The molecule has 0 amide bonds. The molecule has 1 fully saturated rings. The van der Waals surface area contributed by atoms with Gasteiger partial charge in [0.15, 0.2) is 0 Å². The third-order valence-corrected chi connectivity index (χ3v) is 9.75. The quantitative estimate of drug-likeness (QED) is 0.430. The van der Waals surface area contributed by atoms with Crippen molar-refractivity contribution in [1.29, 1.82) is 0 Å². The summed E-state index contributed by atoms with van der Waals surface area (Å²) in [5.74, 6) is 0. The number of nitrogens with zero attached hydrogens (tertiary/aromatic N) is 4. The molecule has 0 atom stereocenters. The summed E-state index contributed by atoms with van der Waals surface area (Å²) in [5.41, 5.74) is 0. The van der Waals surface area contributed by atoms with Gasteiger partial charge in [0, 0.05) is 61.4 Å². The normalized spacial score (nSPS) is 17.8. The molecule has 0 bridgehead atoms. The van der Waals surface area contributed by atoms with E-state index >= 15 is 0 Å². The molecule has 0 aromatic carbocycles. The summed E-state index contributed by atoms with van der Waals surface area (Å²) >= 11 is 0. The third kappa shape index (κ3) is 11.5. The number of rotatable bonds is 12. The molecule has 1 aliphatic heterocycles. The Balaban J connectivity index is 2.43. The van der Waals surface area contributed by atoms with Crippen LogP contribution in [-0.2, 0) is 0 Å². The molecule has 26 heavy (non-hydrogen) atoms. The van der Waals surface area contributed by atoms with Gasteiger partial charge in [0.1, 0.15) is 0 Å². The molecule has 1 saturated heterocycles. The van der Waals surface area contributed by atoms with Crippen molar-refractivity contribution in [2.75, 3.05) is 64.2 Å². The molecule has 1 rings (SSSR count). The van der Waals surface area contributed by atoms with Gasteiger partial charge >= 0.3 is 0 Å². The zero-order chi connectivity index (χ0) is 19.7. The highest BCUT2D eigenvalue weighted by atomic mass is 28.3. The van der Waals surface area contributed by atoms with Gasteiger partial charge in [-0.2, -0.15) is 0 Å². The highest BCUT2D eigenvalue weighted by molar-refractivity contribution is 6.58. The van der Waals surface area contributed by atoms with Crippen LogP contribution in [0, 0.1) is 0 Å². The maximum Gasteiger partial charge on any atom is 0.0501 e. The van der Waals surface area contributed by atoms with E-state index in [4.69, 9.17) is 0 Å². The van der Waals surface area contributed by atoms with Gasteiger partial charge in [-0.05, 0) is 24.7 Å². The first-order valence-corrected chi connectivity index (χ1v) is 23.6. The molecule has 0 radical (unpaired) electrons. The summed E-state index contributed by atoms with van der Waals surface area (Å²) in [6.07, 6.45) is 5.60. The number of hydrogen-bond acceptors (Lipinski definition) is 4. The van der Waals surface area contributed by atoms with Crippen LogP contribution in [0.2, 0.25) is 52.4 Å². The SMILES string of the molecule is C[SiH](C)CN(CN1CCN(CN(C[SiH](C)C)C[SiH](C)C)CC1)C[SiH](C)C. The average Bonchev–Trinajstić information content (AvgIpc) is 2.46. The minimum absolute atomic E-state index is 0.507. The molecule has 156 valence electrons. The number of piperazine rings is 1. The highest BCUT2D eigenvalue weighted by Crippen LogP contribution is 2.07. The van der Waals surface area contributed by atoms with Gasteiger partial charge in [0.2, 0.25) is 0 Å². The first kappa shape index (κ1) is 24.7. The van der Waals surface area contributed by atoms with Crippen LogP contribution in [0.15, 0.2) is 0 Å². The first-order valence-electron chi connectivity index (χ1n) is 11.0. The van der Waals surface area contributed by atoms with Gasteiger partial charge in [-0.1, -0.05) is 52.4 Å². The van der Waals surface area contributed by atoms with Crippen LogP contribution < -0.4 is 0 Å². The molecule has 1 heterocycles. The van der Waals surface area contributed by atoms with E-state index < -0.39 is 35.2 Å². The van der Waals surface area contributed by atoms with Gasteiger partial charge < -0.3 is 0 Å². The molecule has 4 nitrogen and oxygen atoms in total. The minimum Gasteiger partial charge on any atom is -0.297 e. The molecule has 0 aromatic heterocycles. The maximum absolute atomic E-state index is 2.80. The lowest BCUT2D eigenvalue weighted by atomic mass is 10.3. The van der Waals surface area contributed by atoms with Crippen LogP contribution in [-0.4, -0.2) is 119 Å². The Bertz CT molecular complexity index is 307. The van der Waals surface area contributed by atoms with E-state index in [1.165, 1.54) is 64.2 Å². The topological polar surface area (TPSA) is 13.0 Å². The van der Waals surface area contributed by atoms with Gasteiger partial charge in [0.05, 0.1) is 13.3 Å². The van der Waals surface area contributed by atoms with E-state index in [-0.39, 0.29) is 0 Å². The molecule has 0 spiro atoms. The van der Waals surface area contributed by atoms with Crippen LogP contribution in [0.25, 0.3) is 0 Å². The second-order valence-electron chi connectivity index (χ2n) is 10.2. The Morgan fingerprint density at radius 1 is 0.500 bits per heavy atom. The lowest BCUT2D eigenvalue weighted by Crippen LogP contribution is -2.54. The first-order chi connectivity index (χ1) is 12.2. The van der Waals surface area contributed by atoms with Crippen molar-refractivity contribution in [3.05, 3.63) is 0 Å². The van der Waals surface area contributed by atoms with Crippen molar-refractivity contribution in [2.45, 2.75) is 52.4 Å². The Morgan fingerprint density at radius 2 is 0.731 bits per heavy atom. The third-order valence-electron chi connectivity index (χ3n) is 4.76. The second kappa shape index (κ2) is 13.0. The van der Waals surface area contributed by atoms with Crippen LogP contribution in [0.1, 0.15) is 0 Å². The Labute approximate surface area is 171 Å². The summed E-state index contributed by atoms with van der Waals surface area (Å²) in [4.78, 5) is 11.0. The fraction of sp³-hybridized carbons (Fsp3) is 1.00. The standard InChI is InChI=1S/C18H48N4Si4/c1-23(2)15-21(16-24(3)4)13-19-9-11-20(12-10-19)14-22(17-25(5)6)18-26(7)8/h23-26H,9-18H2,1-8H3. The van der Waals surface area contributed by atoms with Crippen molar-refractivity contribution in [3.63, 3.8) is 0 Å². The molecule has 0 aromatic rings. The van der Waals surface area contributed by atoms with E-state index in [1.54, 1.807) is 0 Å². The predicted octanol–water partition coefficient (Wildman–Crippen LogP) is 1.23. The lowest BCUT2D eigenvalue weighted by Gasteiger charge is -2.40. The second-order valence-corrected chi connectivity index (χ2v) is 22.8. The average molecular weight is 433 g/mol. The molecule has 0 unspecified atom stereocenters. The Hall–Kier alpha value is 0.708. The fourth-order valence-electron chi connectivity index (χ4n) is 4.08. The van der Waals surface area contributed by atoms with E-state index in [1.807, 2.05) is 0 Å². The number of hydrogen-bond donors (Lipinski definition) is 0. The van der Waals surface area contributed by atoms with Gasteiger partial charge in [-0.15, -0.1) is 0 Å². The Morgan fingerprint density at radius 3 is 0.923 bits per heavy atom. The van der Waals surface area contributed by atoms with Crippen LogP contribution in [0.4, 0.5) is 0 Å². The molecule has 0 N–H and O–H groups in total. The summed E-state index contributed by atoms with van der Waals surface area (Å²) in [6.45, 7) is 27.5. The summed E-state index contributed by atoms with van der Waals surface area (Å²) in [7, 11) is -2.03. The van der Waals surface area contributed by atoms with Gasteiger partial charge in [-0.3, -0.25) is 19.6 Å². The van der Waals surface area contributed by atoms with Crippen LogP contribution >= 0.6 is 0 Å². The van der Waals surface area contributed by atoms with Crippen molar-refractivity contribution >= 4 is 35.2 Å². The van der Waals surface area contributed by atoms with Gasteiger partial charge in [-0.25, -0.2) is 0 Å². The smallest absolute Gasteiger partial charge is 0.0501 e. The van der Waals surface area contributed by atoms with E-state index in [0.29, 0.717) is 0 Å². The van der Waals surface area contributed by atoms with Crippen molar-refractivity contribution < 1.29 is 0 Å². The molecule has 1 aliphatic rings. The Kier molecular flexibility index (Phi) is 12.4. The largest absolute Gasteiger partial charge is 0.297 e. The lowest BCUT2D eigenvalue weighted by molar-refractivity contribution is 0.0605. The molecule has 0 aliphatic carbocycles. The van der Waals surface area contributed by atoms with Crippen LogP contribution in [0.5, 0.6) is 0 Å². The maximum atomic E-state index is 2.80. The zero-order valence-electron chi connectivity index (χ0n) is 19.2. The monoisotopic (exact) mass is 432 g/mol. The predicted molar refractivity (Wildman–Crippen MR) is 132 cm³/mol. The van der Waals surface area contributed by atoms with E-state index in [9.17, 15) is 0 Å². The molecule has 8 heteroatoms. The zero-order valence-corrected chi connectivity index (χ0v) is 23.8. The summed E-state index contributed by atoms with van der Waals surface area (Å²) in [6, 6.07) is 0.